The number of piperidine rings is 1. The van der Waals surface area contributed by atoms with E-state index in [0.29, 0.717) is 5.69 Å². The summed E-state index contributed by atoms with van der Waals surface area (Å²) in [4.78, 5) is 2.55. The smallest absolute Gasteiger partial charge is 0.229 e. The summed E-state index contributed by atoms with van der Waals surface area (Å²) in [5.74, 6) is 0.760. The maximum absolute atomic E-state index is 11.3. The van der Waals surface area contributed by atoms with Gasteiger partial charge in [0.25, 0.3) is 0 Å². The van der Waals surface area contributed by atoms with E-state index in [0.717, 1.165) is 38.4 Å². The number of rotatable bonds is 7. The van der Waals surface area contributed by atoms with Gasteiger partial charge in [0.05, 0.1) is 6.26 Å². The quantitative estimate of drug-likeness (QED) is 0.649. The molecule has 0 aromatic heterocycles. The second kappa shape index (κ2) is 9.42. The fraction of sp³-hybridized carbons (Fsp3) is 0.455. The van der Waals surface area contributed by atoms with E-state index in [2.05, 4.69) is 50.7 Å². The molecule has 0 radical (unpaired) electrons. The lowest BCUT2D eigenvalue weighted by Crippen LogP contribution is -2.35. The van der Waals surface area contributed by atoms with Crippen LogP contribution in [0.25, 0.3) is 0 Å². The Kier molecular flexibility index (Phi) is 7.18. The fourth-order valence-corrected chi connectivity index (χ4v) is 4.80. The predicted molar refractivity (Wildman–Crippen MR) is 120 cm³/mol. The molecule has 3 rings (SSSR count). The molecule has 2 aromatic carbocycles. The van der Waals surface area contributed by atoms with Crippen molar-refractivity contribution in [3.63, 3.8) is 0 Å². The normalized spacial score (nSPS) is 16.2. The minimum atomic E-state index is -3.21. The second-order valence-electron chi connectivity index (χ2n) is 7.91. The van der Waals surface area contributed by atoms with Crippen molar-refractivity contribution in [2.24, 2.45) is 5.92 Å². The highest BCUT2D eigenvalue weighted by Gasteiger charge is 2.20. The molecule has 4 nitrogen and oxygen atoms in total. The van der Waals surface area contributed by atoms with Gasteiger partial charge in [-0.2, -0.15) is 0 Å². The van der Waals surface area contributed by atoms with E-state index in [1.165, 1.54) is 40.3 Å². The van der Waals surface area contributed by atoms with E-state index >= 15 is 0 Å². The molecule has 6 heteroatoms. The number of likely N-dealkylation sites (tertiary alicyclic amines) is 1. The molecule has 1 heterocycles. The highest BCUT2D eigenvalue weighted by Crippen LogP contribution is 2.26. The Bertz CT molecular complexity index is 889. The van der Waals surface area contributed by atoms with Crippen molar-refractivity contribution >= 4 is 31.6 Å². The third-order valence-electron chi connectivity index (χ3n) is 5.39. The summed E-state index contributed by atoms with van der Waals surface area (Å²) in [7, 11) is -3.21. The zero-order valence-corrected chi connectivity index (χ0v) is 19.0. The van der Waals surface area contributed by atoms with Crippen molar-refractivity contribution in [3.05, 3.63) is 63.6 Å². The van der Waals surface area contributed by atoms with E-state index < -0.39 is 10.0 Å². The number of nitrogens with one attached hydrogen (secondary N) is 1. The first-order chi connectivity index (χ1) is 13.3. The lowest BCUT2D eigenvalue weighted by atomic mass is 9.89. The molecular formula is C22H29BrN2O2S. The molecule has 0 aliphatic carbocycles. The van der Waals surface area contributed by atoms with Gasteiger partial charge in [-0.15, -0.1) is 0 Å². The highest BCUT2D eigenvalue weighted by atomic mass is 79.9. The minimum Gasteiger partial charge on any atom is -0.303 e. The number of nitrogens with zero attached hydrogens (tertiary/aromatic N) is 1. The molecule has 1 aliphatic heterocycles. The van der Waals surface area contributed by atoms with Crippen molar-refractivity contribution < 1.29 is 8.42 Å². The Morgan fingerprint density at radius 1 is 1.11 bits per heavy atom. The predicted octanol–water partition coefficient (Wildman–Crippen LogP) is 4.63. The van der Waals surface area contributed by atoms with Crippen LogP contribution in [-0.4, -0.2) is 39.2 Å². The maximum atomic E-state index is 11.3. The Labute approximate surface area is 177 Å². The van der Waals surface area contributed by atoms with E-state index in [9.17, 15) is 8.42 Å². The number of hydrogen-bond acceptors (Lipinski definition) is 3. The first-order valence-corrected chi connectivity index (χ1v) is 12.5. The number of aryl methyl sites for hydroxylation is 1. The lowest BCUT2D eigenvalue weighted by molar-refractivity contribution is 0.186. The van der Waals surface area contributed by atoms with Crippen molar-refractivity contribution in [2.75, 3.05) is 30.6 Å². The first kappa shape index (κ1) is 21.3. The topological polar surface area (TPSA) is 49.4 Å². The van der Waals surface area contributed by atoms with Crippen LogP contribution in [0, 0.1) is 12.8 Å². The van der Waals surface area contributed by atoms with E-state index in [4.69, 9.17) is 0 Å². The molecule has 1 N–H and O–H groups in total. The van der Waals surface area contributed by atoms with Gasteiger partial charge in [0, 0.05) is 16.7 Å². The fourth-order valence-electron chi connectivity index (χ4n) is 3.83. The average molecular weight is 465 g/mol. The molecule has 0 unspecified atom stereocenters. The SMILES string of the molecule is Cc1ccc(Br)c(CC2CCN(CCc3ccc(NS(C)(=O)=O)cc3)CC2)c1. The Hall–Kier alpha value is -1.37. The number of anilines is 1. The molecule has 1 fully saturated rings. The molecule has 0 spiro atoms. The third-order valence-corrected chi connectivity index (χ3v) is 6.77. The van der Waals surface area contributed by atoms with Crippen LogP contribution in [0.3, 0.4) is 0 Å². The molecule has 2 aromatic rings. The monoisotopic (exact) mass is 464 g/mol. The van der Waals surface area contributed by atoms with Crippen LogP contribution in [0.2, 0.25) is 0 Å². The van der Waals surface area contributed by atoms with Crippen LogP contribution < -0.4 is 4.72 Å². The number of hydrogen-bond donors (Lipinski definition) is 1. The molecule has 152 valence electrons. The van der Waals surface area contributed by atoms with Gasteiger partial charge in [0.15, 0.2) is 0 Å². The van der Waals surface area contributed by atoms with Crippen LogP contribution in [0.1, 0.15) is 29.5 Å². The van der Waals surface area contributed by atoms with E-state index in [1.54, 1.807) is 0 Å². The lowest BCUT2D eigenvalue weighted by Gasteiger charge is -2.32. The summed E-state index contributed by atoms with van der Waals surface area (Å²) in [6.07, 6.45) is 5.82. The van der Waals surface area contributed by atoms with Gasteiger partial charge in [-0.05, 0) is 80.9 Å². The molecule has 1 saturated heterocycles. The number of sulfonamides is 1. The van der Waals surface area contributed by atoms with Gasteiger partial charge >= 0.3 is 0 Å². The van der Waals surface area contributed by atoms with Gasteiger partial charge in [-0.1, -0.05) is 45.8 Å². The summed E-state index contributed by atoms with van der Waals surface area (Å²) in [6, 6.07) is 14.3. The molecule has 0 bridgehead atoms. The summed E-state index contributed by atoms with van der Waals surface area (Å²) >= 11 is 3.69. The zero-order chi connectivity index (χ0) is 20.1. The van der Waals surface area contributed by atoms with Crippen molar-refractivity contribution in [1.82, 2.24) is 4.90 Å². The number of halogens is 1. The highest BCUT2D eigenvalue weighted by molar-refractivity contribution is 9.10. The van der Waals surface area contributed by atoms with Crippen molar-refractivity contribution in [1.29, 1.82) is 0 Å². The maximum Gasteiger partial charge on any atom is 0.229 e. The van der Waals surface area contributed by atoms with Gasteiger partial charge < -0.3 is 4.90 Å². The zero-order valence-electron chi connectivity index (χ0n) is 16.6. The van der Waals surface area contributed by atoms with Crippen LogP contribution in [0.15, 0.2) is 46.9 Å². The Morgan fingerprint density at radius 2 is 1.79 bits per heavy atom. The summed E-state index contributed by atoms with van der Waals surface area (Å²) < 4.78 is 26.3. The van der Waals surface area contributed by atoms with Crippen LogP contribution >= 0.6 is 15.9 Å². The van der Waals surface area contributed by atoms with E-state index in [1.807, 2.05) is 24.3 Å². The Balaban J connectivity index is 1.44. The Morgan fingerprint density at radius 3 is 2.43 bits per heavy atom. The largest absolute Gasteiger partial charge is 0.303 e. The summed E-state index contributed by atoms with van der Waals surface area (Å²) in [6.45, 7) is 5.52. The summed E-state index contributed by atoms with van der Waals surface area (Å²) in [5.41, 5.74) is 4.62. The van der Waals surface area contributed by atoms with E-state index in [-0.39, 0.29) is 0 Å². The average Bonchev–Trinajstić information content (AvgIpc) is 2.64. The molecule has 1 aliphatic rings. The molecule has 0 atom stereocenters. The third kappa shape index (κ3) is 6.61. The van der Waals surface area contributed by atoms with Gasteiger partial charge in [-0.3, -0.25) is 4.72 Å². The summed E-state index contributed by atoms with van der Waals surface area (Å²) in [5, 5.41) is 0. The first-order valence-electron chi connectivity index (χ1n) is 9.82. The van der Waals surface area contributed by atoms with Crippen LogP contribution in [0.4, 0.5) is 5.69 Å². The minimum absolute atomic E-state index is 0.620. The standard InChI is InChI=1S/C22H29BrN2O2S/c1-17-3-8-22(23)20(15-17)16-19-10-13-25(14-11-19)12-9-18-4-6-21(7-5-18)24-28(2,26)27/h3-8,15,19,24H,9-14,16H2,1-2H3. The molecular weight excluding hydrogens is 436 g/mol. The second-order valence-corrected chi connectivity index (χ2v) is 10.5. The van der Waals surface area contributed by atoms with Gasteiger partial charge in [-0.25, -0.2) is 8.42 Å². The van der Waals surface area contributed by atoms with Gasteiger partial charge in [0.1, 0.15) is 0 Å². The van der Waals surface area contributed by atoms with Crippen LogP contribution in [-0.2, 0) is 22.9 Å². The van der Waals surface area contributed by atoms with Crippen LogP contribution in [0.5, 0.6) is 0 Å². The van der Waals surface area contributed by atoms with Crippen molar-refractivity contribution in [3.8, 4) is 0 Å². The molecule has 28 heavy (non-hydrogen) atoms. The van der Waals surface area contributed by atoms with Crippen molar-refractivity contribution in [2.45, 2.75) is 32.6 Å². The molecule has 0 amide bonds. The molecule has 0 saturated carbocycles. The van der Waals surface area contributed by atoms with Gasteiger partial charge in [0.2, 0.25) is 10.0 Å². The number of benzene rings is 2.